The Morgan fingerprint density at radius 3 is 2.86 bits per heavy atom. The number of hydrogen-bond acceptors (Lipinski definition) is 6. The molecule has 2 aromatic heterocycles. The van der Waals surface area contributed by atoms with E-state index in [9.17, 15) is 0 Å². The fourth-order valence-electron chi connectivity index (χ4n) is 2.48. The Kier molecular flexibility index (Phi) is 4.31. The van der Waals surface area contributed by atoms with Gasteiger partial charge < -0.3 is 10.1 Å². The number of hydrogen-bond donors (Lipinski definition) is 1. The van der Waals surface area contributed by atoms with E-state index >= 15 is 0 Å². The molecule has 0 atom stereocenters. The van der Waals surface area contributed by atoms with Crippen LogP contribution in [0.15, 0.2) is 6.20 Å². The number of fused-ring (bicyclic) bond motifs is 1. The van der Waals surface area contributed by atoms with Crippen molar-refractivity contribution in [2.24, 2.45) is 7.05 Å². The first kappa shape index (κ1) is 14.2. The van der Waals surface area contributed by atoms with Crippen molar-refractivity contribution < 1.29 is 4.74 Å². The molecule has 0 bridgehead atoms. The van der Waals surface area contributed by atoms with Crippen molar-refractivity contribution >= 4 is 16.9 Å². The van der Waals surface area contributed by atoms with Crippen molar-refractivity contribution in [3.8, 4) is 0 Å². The molecule has 21 heavy (non-hydrogen) atoms. The van der Waals surface area contributed by atoms with Crippen LogP contribution < -0.4 is 5.32 Å². The summed E-state index contributed by atoms with van der Waals surface area (Å²) in [6.07, 6.45) is 2.89. The van der Waals surface area contributed by atoms with Gasteiger partial charge in [0, 0.05) is 26.7 Å². The maximum atomic E-state index is 5.38. The van der Waals surface area contributed by atoms with E-state index in [1.165, 1.54) is 0 Å². The molecule has 7 heteroatoms. The van der Waals surface area contributed by atoms with Gasteiger partial charge in [-0.15, -0.1) is 0 Å². The molecule has 114 valence electrons. The Bertz CT molecular complexity index is 605. The summed E-state index contributed by atoms with van der Waals surface area (Å²) in [7, 11) is 1.91. The fraction of sp³-hybridized carbons (Fsp3) is 0.643. The lowest BCUT2D eigenvalue weighted by atomic mass is 10.3. The molecule has 0 amide bonds. The van der Waals surface area contributed by atoms with Crippen LogP contribution >= 0.6 is 0 Å². The number of aromatic nitrogens is 4. The highest BCUT2D eigenvalue weighted by molar-refractivity contribution is 5.86. The van der Waals surface area contributed by atoms with Gasteiger partial charge >= 0.3 is 0 Å². The van der Waals surface area contributed by atoms with Crippen LogP contribution in [-0.4, -0.2) is 57.5 Å². The van der Waals surface area contributed by atoms with Crippen molar-refractivity contribution in [3.05, 3.63) is 12.0 Å². The zero-order chi connectivity index (χ0) is 14.7. The maximum absolute atomic E-state index is 5.38. The molecule has 0 aliphatic carbocycles. The predicted octanol–water partition coefficient (Wildman–Crippen LogP) is 1.02. The average Bonchev–Trinajstić information content (AvgIpc) is 2.88. The first-order valence-electron chi connectivity index (χ1n) is 7.50. The Balaban J connectivity index is 1.88. The molecule has 0 radical (unpaired) electrons. The quantitative estimate of drug-likeness (QED) is 0.886. The number of nitrogens with zero attached hydrogens (tertiary/aromatic N) is 5. The van der Waals surface area contributed by atoms with E-state index in [2.05, 4.69) is 32.2 Å². The summed E-state index contributed by atoms with van der Waals surface area (Å²) < 4.78 is 7.18. The number of rotatable bonds is 5. The minimum atomic E-state index is 0.755. The van der Waals surface area contributed by atoms with Crippen molar-refractivity contribution in [1.82, 2.24) is 24.6 Å². The Labute approximate surface area is 124 Å². The van der Waals surface area contributed by atoms with Gasteiger partial charge in [-0.2, -0.15) is 5.10 Å². The van der Waals surface area contributed by atoms with Crippen molar-refractivity contribution in [3.63, 3.8) is 0 Å². The third-order valence-electron chi connectivity index (χ3n) is 3.65. The number of nitrogens with one attached hydrogen (secondary N) is 1. The molecule has 3 heterocycles. The minimum absolute atomic E-state index is 0.755. The minimum Gasteiger partial charge on any atom is -0.379 e. The molecule has 1 saturated heterocycles. The van der Waals surface area contributed by atoms with E-state index in [4.69, 9.17) is 4.74 Å². The maximum Gasteiger partial charge on any atom is 0.163 e. The van der Waals surface area contributed by atoms with E-state index in [-0.39, 0.29) is 0 Å². The first-order chi connectivity index (χ1) is 10.3. The van der Waals surface area contributed by atoms with Crippen molar-refractivity contribution in [2.45, 2.75) is 19.9 Å². The lowest BCUT2D eigenvalue weighted by molar-refractivity contribution is 0.0331. The highest BCUT2D eigenvalue weighted by Gasteiger charge is 2.15. The zero-order valence-corrected chi connectivity index (χ0v) is 12.7. The van der Waals surface area contributed by atoms with Gasteiger partial charge in [0.1, 0.15) is 11.6 Å². The lowest BCUT2D eigenvalue weighted by Gasteiger charge is -2.25. The van der Waals surface area contributed by atoms with Gasteiger partial charge in [0.05, 0.1) is 31.3 Å². The van der Waals surface area contributed by atoms with Crippen LogP contribution in [0.1, 0.15) is 19.2 Å². The van der Waals surface area contributed by atoms with Crippen LogP contribution in [0, 0.1) is 0 Å². The second-order valence-corrected chi connectivity index (χ2v) is 5.31. The second-order valence-electron chi connectivity index (χ2n) is 5.31. The van der Waals surface area contributed by atoms with E-state index in [0.717, 1.165) is 68.5 Å². The standard InChI is InChI=1S/C14H22N6O/c1-3-4-15-13-11-9-16-19(2)14(11)18-12(17-13)10-20-5-7-21-8-6-20/h9H,3-8,10H2,1-2H3,(H,15,17,18). The van der Waals surface area contributed by atoms with Crippen LogP contribution in [0.2, 0.25) is 0 Å². The zero-order valence-electron chi connectivity index (χ0n) is 12.7. The molecule has 0 unspecified atom stereocenters. The molecule has 1 aliphatic heterocycles. The molecule has 1 N–H and O–H groups in total. The normalized spacial score (nSPS) is 16.5. The van der Waals surface area contributed by atoms with Gasteiger partial charge in [0.15, 0.2) is 5.65 Å². The van der Waals surface area contributed by atoms with Crippen molar-refractivity contribution in [2.75, 3.05) is 38.2 Å². The monoisotopic (exact) mass is 290 g/mol. The highest BCUT2D eigenvalue weighted by atomic mass is 16.5. The van der Waals surface area contributed by atoms with Crippen molar-refractivity contribution in [1.29, 1.82) is 0 Å². The van der Waals surface area contributed by atoms with E-state index < -0.39 is 0 Å². The topological polar surface area (TPSA) is 68.1 Å². The average molecular weight is 290 g/mol. The molecule has 0 spiro atoms. The van der Waals surface area contributed by atoms with Gasteiger partial charge in [-0.3, -0.25) is 9.58 Å². The summed E-state index contributed by atoms with van der Waals surface area (Å²) in [4.78, 5) is 11.7. The summed E-state index contributed by atoms with van der Waals surface area (Å²) in [5.41, 5.74) is 0.881. The number of morpholine rings is 1. The molecule has 0 saturated carbocycles. The molecule has 1 fully saturated rings. The van der Waals surface area contributed by atoms with Crippen LogP contribution in [0.5, 0.6) is 0 Å². The molecule has 1 aliphatic rings. The second kappa shape index (κ2) is 6.36. The van der Waals surface area contributed by atoms with E-state index in [1.54, 1.807) is 4.68 Å². The van der Waals surface area contributed by atoms with Crippen LogP contribution in [0.4, 0.5) is 5.82 Å². The van der Waals surface area contributed by atoms with E-state index in [0.29, 0.717) is 0 Å². The van der Waals surface area contributed by atoms with Crippen LogP contribution in [0.25, 0.3) is 11.0 Å². The van der Waals surface area contributed by atoms with E-state index in [1.807, 2.05) is 13.2 Å². The Morgan fingerprint density at radius 2 is 2.10 bits per heavy atom. The predicted molar refractivity (Wildman–Crippen MR) is 81.2 cm³/mol. The summed E-state index contributed by atoms with van der Waals surface area (Å²) >= 11 is 0. The third-order valence-corrected chi connectivity index (χ3v) is 3.65. The van der Waals surface area contributed by atoms with Gasteiger partial charge in [-0.1, -0.05) is 6.92 Å². The summed E-state index contributed by atoms with van der Waals surface area (Å²) in [5, 5.41) is 8.66. The molecular formula is C14H22N6O. The molecular weight excluding hydrogens is 268 g/mol. The van der Waals surface area contributed by atoms with Gasteiger partial charge in [-0.25, -0.2) is 9.97 Å². The SMILES string of the molecule is CCCNc1nc(CN2CCOCC2)nc2c1cnn2C. The smallest absolute Gasteiger partial charge is 0.163 e. The van der Waals surface area contributed by atoms with Gasteiger partial charge in [-0.05, 0) is 6.42 Å². The molecule has 2 aromatic rings. The molecule has 3 rings (SSSR count). The summed E-state index contributed by atoms with van der Waals surface area (Å²) in [6.45, 7) is 7.24. The molecule has 7 nitrogen and oxygen atoms in total. The summed E-state index contributed by atoms with van der Waals surface area (Å²) in [5.74, 6) is 1.73. The first-order valence-corrected chi connectivity index (χ1v) is 7.50. The highest BCUT2D eigenvalue weighted by Crippen LogP contribution is 2.20. The lowest BCUT2D eigenvalue weighted by Crippen LogP contribution is -2.36. The number of ether oxygens (including phenoxy) is 1. The number of aryl methyl sites for hydroxylation is 1. The van der Waals surface area contributed by atoms with Crippen LogP contribution in [0.3, 0.4) is 0 Å². The largest absolute Gasteiger partial charge is 0.379 e. The fourth-order valence-corrected chi connectivity index (χ4v) is 2.48. The van der Waals surface area contributed by atoms with Crippen LogP contribution in [-0.2, 0) is 18.3 Å². The summed E-state index contributed by atoms with van der Waals surface area (Å²) in [6, 6.07) is 0. The molecule has 0 aromatic carbocycles. The van der Waals surface area contributed by atoms with Gasteiger partial charge in [0.2, 0.25) is 0 Å². The third kappa shape index (κ3) is 3.14. The number of anilines is 1. The Morgan fingerprint density at radius 1 is 1.29 bits per heavy atom. The van der Waals surface area contributed by atoms with Gasteiger partial charge in [0.25, 0.3) is 0 Å². The Hall–Kier alpha value is -1.73.